The van der Waals surface area contributed by atoms with Crippen molar-refractivity contribution >= 4 is 15.9 Å². The summed E-state index contributed by atoms with van der Waals surface area (Å²) in [6.45, 7) is 1.47. The fraction of sp³-hybridized carbons (Fsp3) is 0.312. The molecule has 1 heterocycles. The van der Waals surface area contributed by atoms with Crippen molar-refractivity contribution < 1.29 is 22.4 Å². The van der Waals surface area contributed by atoms with E-state index in [4.69, 9.17) is 9.15 Å². The molecule has 2 aromatic rings. The summed E-state index contributed by atoms with van der Waals surface area (Å²) >= 11 is 0. The number of rotatable bonds is 7. The second-order valence-corrected chi connectivity index (χ2v) is 7.29. The number of methoxy groups -OCH3 is 1. The lowest BCUT2D eigenvalue weighted by Gasteiger charge is -2.18. The van der Waals surface area contributed by atoms with Crippen molar-refractivity contribution in [3.05, 3.63) is 48.4 Å². The van der Waals surface area contributed by atoms with Gasteiger partial charge >= 0.3 is 0 Å². The lowest BCUT2D eigenvalue weighted by atomic mass is 10.2. The topological polar surface area (TPSA) is 88.9 Å². The molecule has 1 aromatic heterocycles. The average molecular weight is 352 g/mol. The lowest BCUT2D eigenvalue weighted by molar-refractivity contribution is -0.121. The molecule has 0 aliphatic rings. The minimum atomic E-state index is -3.76. The van der Waals surface area contributed by atoms with Crippen molar-refractivity contribution in [2.75, 3.05) is 20.7 Å². The van der Waals surface area contributed by atoms with Crippen LogP contribution in [0.3, 0.4) is 0 Å². The van der Waals surface area contributed by atoms with Crippen molar-refractivity contribution in [1.82, 2.24) is 9.62 Å². The smallest absolute Gasteiger partial charge is 0.243 e. The molecule has 0 radical (unpaired) electrons. The van der Waals surface area contributed by atoms with Gasteiger partial charge in [-0.2, -0.15) is 4.31 Å². The van der Waals surface area contributed by atoms with Crippen LogP contribution >= 0.6 is 0 Å². The van der Waals surface area contributed by atoms with E-state index in [1.165, 1.54) is 32.6 Å². The van der Waals surface area contributed by atoms with E-state index in [1.807, 2.05) is 0 Å². The number of sulfonamides is 1. The number of likely N-dealkylation sites (N-methyl/N-ethyl adjacent to an activating group) is 1. The molecule has 1 atom stereocenters. The minimum absolute atomic E-state index is 0.0951. The van der Waals surface area contributed by atoms with Crippen molar-refractivity contribution in [3.8, 4) is 5.75 Å². The Labute approximate surface area is 141 Å². The maximum absolute atomic E-state index is 12.5. The van der Waals surface area contributed by atoms with Crippen LogP contribution in [-0.2, 0) is 14.8 Å². The van der Waals surface area contributed by atoms with Gasteiger partial charge in [0.25, 0.3) is 0 Å². The van der Waals surface area contributed by atoms with Crippen LogP contribution in [0.1, 0.15) is 18.7 Å². The highest BCUT2D eigenvalue weighted by Crippen LogP contribution is 2.18. The van der Waals surface area contributed by atoms with E-state index in [1.54, 1.807) is 31.2 Å². The Kier molecular flexibility index (Phi) is 5.63. The van der Waals surface area contributed by atoms with Gasteiger partial charge in [-0.1, -0.05) is 0 Å². The molecule has 0 saturated heterocycles. The Bertz CT molecular complexity index is 769. The number of carbonyl (C=O) groups is 1. The molecular formula is C16H20N2O5S. The van der Waals surface area contributed by atoms with Crippen molar-refractivity contribution in [2.24, 2.45) is 0 Å². The Morgan fingerprint density at radius 2 is 1.96 bits per heavy atom. The van der Waals surface area contributed by atoms with E-state index in [0.29, 0.717) is 11.5 Å². The lowest BCUT2D eigenvalue weighted by Crippen LogP contribution is -2.39. The summed E-state index contributed by atoms with van der Waals surface area (Å²) in [6, 6.07) is 9.10. The summed E-state index contributed by atoms with van der Waals surface area (Å²) in [5.41, 5.74) is 0. The SMILES string of the molecule is COc1ccc(S(=O)(=O)N(C)CC(=O)NC(C)c2ccco2)cc1. The molecule has 0 fully saturated rings. The maximum Gasteiger partial charge on any atom is 0.243 e. The highest BCUT2D eigenvalue weighted by Gasteiger charge is 2.24. The van der Waals surface area contributed by atoms with Gasteiger partial charge in [-0.3, -0.25) is 4.79 Å². The van der Waals surface area contributed by atoms with Crippen molar-refractivity contribution in [1.29, 1.82) is 0 Å². The first kappa shape index (κ1) is 18.0. The molecular weight excluding hydrogens is 332 g/mol. The zero-order valence-electron chi connectivity index (χ0n) is 13.7. The van der Waals surface area contributed by atoms with Gasteiger partial charge in [0.05, 0.1) is 30.9 Å². The molecule has 1 unspecified atom stereocenters. The average Bonchev–Trinajstić information content (AvgIpc) is 3.09. The Hall–Kier alpha value is -2.32. The van der Waals surface area contributed by atoms with Crippen molar-refractivity contribution in [3.63, 3.8) is 0 Å². The molecule has 0 saturated carbocycles. The number of amides is 1. The van der Waals surface area contributed by atoms with Gasteiger partial charge in [0.15, 0.2) is 0 Å². The normalized spacial score (nSPS) is 12.8. The Morgan fingerprint density at radius 1 is 1.29 bits per heavy atom. The molecule has 7 nitrogen and oxygen atoms in total. The van der Waals surface area contributed by atoms with Crippen LogP contribution in [0, 0.1) is 0 Å². The molecule has 8 heteroatoms. The number of carbonyl (C=O) groups excluding carboxylic acids is 1. The number of furan rings is 1. The summed E-state index contributed by atoms with van der Waals surface area (Å²) in [4.78, 5) is 12.2. The highest BCUT2D eigenvalue weighted by molar-refractivity contribution is 7.89. The quantitative estimate of drug-likeness (QED) is 0.820. The second kappa shape index (κ2) is 7.50. The largest absolute Gasteiger partial charge is 0.497 e. The number of hydrogen-bond donors (Lipinski definition) is 1. The molecule has 2 rings (SSSR count). The Morgan fingerprint density at radius 3 is 2.50 bits per heavy atom. The zero-order chi connectivity index (χ0) is 17.7. The first-order valence-corrected chi connectivity index (χ1v) is 8.71. The Balaban J connectivity index is 2.01. The van der Waals surface area contributed by atoms with Gasteiger partial charge in [-0.25, -0.2) is 8.42 Å². The first-order valence-electron chi connectivity index (χ1n) is 7.27. The number of nitrogens with one attached hydrogen (secondary N) is 1. The maximum atomic E-state index is 12.5. The minimum Gasteiger partial charge on any atom is -0.497 e. The number of benzene rings is 1. The van der Waals surface area contributed by atoms with Gasteiger partial charge < -0.3 is 14.5 Å². The van der Waals surface area contributed by atoms with Crippen LogP contribution in [-0.4, -0.2) is 39.3 Å². The van der Waals surface area contributed by atoms with Gasteiger partial charge in [0.1, 0.15) is 11.5 Å². The van der Waals surface area contributed by atoms with Crippen LogP contribution in [0.5, 0.6) is 5.75 Å². The molecule has 0 spiro atoms. The summed E-state index contributed by atoms with van der Waals surface area (Å²) in [5, 5.41) is 2.70. The van der Waals surface area contributed by atoms with E-state index in [0.717, 1.165) is 4.31 Å². The molecule has 0 aliphatic carbocycles. The number of nitrogens with zero attached hydrogens (tertiary/aromatic N) is 1. The van der Waals surface area contributed by atoms with Gasteiger partial charge in [0, 0.05) is 7.05 Å². The van der Waals surface area contributed by atoms with Crippen LogP contribution < -0.4 is 10.1 Å². The highest BCUT2D eigenvalue weighted by atomic mass is 32.2. The van der Waals surface area contributed by atoms with Crippen molar-refractivity contribution in [2.45, 2.75) is 17.9 Å². The fourth-order valence-corrected chi connectivity index (χ4v) is 3.24. The second-order valence-electron chi connectivity index (χ2n) is 5.24. The van der Waals surface area contributed by atoms with Crippen LogP contribution in [0.15, 0.2) is 52.0 Å². The molecule has 1 aromatic carbocycles. The third-order valence-corrected chi connectivity index (χ3v) is 5.30. The predicted molar refractivity (Wildman–Crippen MR) is 88.1 cm³/mol. The monoisotopic (exact) mass is 352 g/mol. The standard InChI is InChI=1S/C16H20N2O5S/c1-12(15-5-4-10-23-15)17-16(19)11-18(2)24(20,21)14-8-6-13(22-3)7-9-14/h4-10,12H,11H2,1-3H3,(H,17,19). The summed E-state index contributed by atoms with van der Waals surface area (Å²) in [5.74, 6) is 0.740. The van der Waals surface area contributed by atoms with Gasteiger partial charge in [-0.05, 0) is 43.3 Å². The number of hydrogen-bond acceptors (Lipinski definition) is 5. The van der Waals surface area contributed by atoms with Crippen LogP contribution in [0.2, 0.25) is 0 Å². The molecule has 0 bridgehead atoms. The molecule has 0 aliphatic heterocycles. The molecule has 130 valence electrons. The third-order valence-electron chi connectivity index (χ3n) is 3.48. The first-order chi connectivity index (χ1) is 11.3. The van der Waals surface area contributed by atoms with E-state index >= 15 is 0 Å². The van der Waals surface area contributed by atoms with E-state index in [2.05, 4.69) is 5.32 Å². The van der Waals surface area contributed by atoms with Gasteiger partial charge in [0.2, 0.25) is 15.9 Å². The number of ether oxygens (including phenoxy) is 1. The predicted octanol–water partition coefficient (Wildman–Crippen LogP) is 1.79. The molecule has 24 heavy (non-hydrogen) atoms. The molecule has 1 N–H and O–H groups in total. The summed E-state index contributed by atoms with van der Waals surface area (Å²) in [7, 11) is -0.897. The van der Waals surface area contributed by atoms with Gasteiger partial charge in [-0.15, -0.1) is 0 Å². The summed E-state index contributed by atoms with van der Waals surface area (Å²) in [6.07, 6.45) is 1.51. The van der Waals surface area contributed by atoms with E-state index in [9.17, 15) is 13.2 Å². The van der Waals surface area contributed by atoms with Crippen LogP contribution in [0.25, 0.3) is 0 Å². The van der Waals surface area contributed by atoms with E-state index in [-0.39, 0.29) is 17.5 Å². The van der Waals surface area contributed by atoms with E-state index < -0.39 is 15.9 Å². The van der Waals surface area contributed by atoms with Crippen LogP contribution in [0.4, 0.5) is 0 Å². The summed E-state index contributed by atoms with van der Waals surface area (Å²) < 4.78 is 36.1. The third kappa shape index (κ3) is 4.15. The zero-order valence-corrected chi connectivity index (χ0v) is 14.5. The fourth-order valence-electron chi connectivity index (χ4n) is 2.11. The molecule has 1 amide bonds.